The molecule has 94 valence electrons. The minimum atomic E-state index is -0.0342. The number of halogens is 1. The van der Waals surface area contributed by atoms with Gasteiger partial charge in [0.2, 0.25) is 5.91 Å². The van der Waals surface area contributed by atoms with Crippen molar-refractivity contribution in [3.63, 3.8) is 0 Å². The monoisotopic (exact) mass is 301 g/mol. The zero-order chi connectivity index (χ0) is 12.8. The Morgan fingerprint density at radius 1 is 1.29 bits per heavy atom. The fourth-order valence-electron chi connectivity index (χ4n) is 1.49. The van der Waals surface area contributed by atoms with Crippen molar-refractivity contribution in [1.29, 1.82) is 0 Å². The number of carbonyl (C=O) groups is 1. The van der Waals surface area contributed by atoms with E-state index in [2.05, 4.69) is 21.2 Å². The molecule has 5 heteroatoms. The molecule has 0 aromatic heterocycles. The third-order valence-corrected chi connectivity index (χ3v) is 2.94. The second-order valence-corrected chi connectivity index (χ2v) is 4.39. The molecule has 1 aromatic rings. The number of ether oxygens (including phenoxy) is 2. The maximum Gasteiger partial charge on any atom is 0.216 e. The molecule has 17 heavy (non-hydrogen) atoms. The third-order valence-electron chi connectivity index (χ3n) is 2.32. The summed E-state index contributed by atoms with van der Waals surface area (Å²) in [5.41, 5.74) is 1.00. The zero-order valence-electron chi connectivity index (χ0n) is 10.2. The number of nitrogens with one attached hydrogen (secondary N) is 1. The average molecular weight is 302 g/mol. The molecule has 4 nitrogen and oxygen atoms in total. The molecule has 0 bridgehead atoms. The summed E-state index contributed by atoms with van der Waals surface area (Å²) in [4.78, 5) is 10.8. The summed E-state index contributed by atoms with van der Waals surface area (Å²) in [7, 11) is 3.24. The van der Waals surface area contributed by atoms with Crippen LogP contribution in [0.15, 0.2) is 16.6 Å². The van der Waals surface area contributed by atoms with Gasteiger partial charge >= 0.3 is 0 Å². The van der Waals surface area contributed by atoms with Gasteiger partial charge in [0.15, 0.2) is 0 Å². The Balaban J connectivity index is 2.84. The normalized spacial score (nSPS) is 9.88. The predicted octanol–water partition coefficient (Wildman–Crippen LogP) is 2.14. The molecule has 1 rings (SSSR count). The van der Waals surface area contributed by atoms with Crippen LogP contribution in [0.1, 0.15) is 12.5 Å². The highest BCUT2D eigenvalue weighted by molar-refractivity contribution is 9.10. The van der Waals surface area contributed by atoms with Crippen LogP contribution < -0.4 is 14.8 Å². The van der Waals surface area contributed by atoms with Gasteiger partial charge in [0.25, 0.3) is 0 Å². The summed E-state index contributed by atoms with van der Waals surface area (Å²) in [5, 5.41) is 2.75. The molecule has 0 aliphatic rings. The first kappa shape index (κ1) is 13.8. The van der Waals surface area contributed by atoms with E-state index in [0.717, 1.165) is 21.5 Å². The van der Waals surface area contributed by atoms with Crippen LogP contribution >= 0.6 is 15.9 Å². The van der Waals surface area contributed by atoms with Crippen LogP contribution in [-0.2, 0) is 11.2 Å². The molecular formula is C12H16BrNO3. The van der Waals surface area contributed by atoms with Gasteiger partial charge in [0.1, 0.15) is 11.5 Å². The van der Waals surface area contributed by atoms with Crippen LogP contribution in [0.3, 0.4) is 0 Å². The number of amides is 1. The Bertz CT molecular complexity index is 407. The van der Waals surface area contributed by atoms with E-state index in [1.807, 2.05) is 12.1 Å². The van der Waals surface area contributed by atoms with Gasteiger partial charge in [-0.1, -0.05) is 0 Å². The molecule has 1 amide bonds. The van der Waals surface area contributed by atoms with Gasteiger partial charge in [-0.25, -0.2) is 0 Å². The van der Waals surface area contributed by atoms with Gasteiger partial charge in [-0.3, -0.25) is 4.79 Å². The van der Waals surface area contributed by atoms with E-state index in [0.29, 0.717) is 13.0 Å². The molecule has 1 aromatic carbocycles. The number of methoxy groups -OCH3 is 2. The van der Waals surface area contributed by atoms with Crippen molar-refractivity contribution in [3.05, 3.63) is 22.2 Å². The van der Waals surface area contributed by atoms with Crippen molar-refractivity contribution in [2.24, 2.45) is 0 Å². The van der Waals surface area contributed by atoms with Gasteiger partial charge < -0.3 is 14.8 Å². The van der Waals surface area contributed by atoms with Crippen LogP contribution in [-0.4, -0.2) is 26.7 Å². The fraction of sp³-hybridized carbons (Fsp3) is 0.417. The first-order chi connectivity index (χ1) is 8.08. The minimum absolute atomic E-state index is 0.0342. The highest BCUT2D eigenvalue weighted by Crippen LogP contribution is 2.32. The molecule has 0 heterocycles. The largest absolute Gasteiger partial charge is 0.496 e. The lowest BCUT2D eigenvalue weighted by molar-refractivity contribution is -0.118. The fourth-order valence-corrected chi connectivity index (χ4v) is 1.98. The maximum atomic E-state index is 10.8. The van der Waals surface area contributed by atoms with E-state index < -0.39 is 0 Å². The first-order valence-electron chi connectivity index (χ1n) is 5.23. The van der Waals surface area contributed by atoms with Crippen molar-refractivity contribution in [1.82, 2.24) is 5.32 Å². The van der Waals surface area contributed by atoms with Gasteiger partial charge in [0, 0.05) is 13.5 Å². The Labute approximate surface area is 109 Å². The topological polar surface area (TPSA) is 47.6 Å². The number of carbonyl (C=O) groups excluding carboxylic acids is 1. The average Bonchev–Trinajstić information content (AvgIpc) is 2.30. The summed E-state index contributed by atoms with van der Waals surface area (Å²) in [6.07, 6.45) is 0.701. The Morgan fingerprint density at radius 2 is 1.94 bits per heavy atom. The molecule has 0 radical (unpaired) electrons. The minimum Gasteiger partial charge on any atom is -0.496 e. The van der Waals surface area contributed by atoms with Crippen LogP contribution in [0.4, 0.5) is 0 Å². The molecule has 0 fully saturated rings. The van der Waals surface area contributed by atoms with E-state index in [4.69, 9.17) is 9.47 Å². The molecule has 0 aliphatic heterocycles. The second-order valence-electron chi connectivity index (χ2n) is 3.53. The molecule has 0 aliphatic carbocycles. The number of benzene rings is 1. The molecule has 0 unspecified atom stereocenters. The van der Waals surface area contributed by atoms with E-state index >= 15 is 0 Å². The predicted molar refractivity (Wildman–Crippen MR) is 69.6 cm³/mol. The highest BCUT2D eigenvalue weighted by atomic mass is 79.9. The number of hydrogen-bond acceptors (Lipinski definition) is 3. The van der Waals surface area contributed by atoms with Crippen molar-refractivity contribution in [2.75, 3.05) is 20.8 Å². The lowest BCUT2D eigenvalue weighted by Gasteiger charge is -2.12. The van der Waals surface area contributed by atoms with Crippen LogP contribution in [0.25, 0.3) is 0 Å². The van der Waals surface area contributed by atoms with Crippen molar-refractivity contribution in [3.8, 4) is 11.5 Å². The number of hydrogen-bond donors (Lipinski definition) is 1. The van der Waals surface area contributed by atoms with Crippen LogP contribution in [0.2, 0.25) is 0 Å². The van der Waals surface area contributed by atoms with Crippen LogP contribution in [0, 0.1) is 0 Å². The van der Waals surface area contributed by atoms with E-state index in [1.165, 1.54) is 6.92 Å². The summed E-state index contributed by atoms with van der Waals surface area (Å²) < 4.78 is 11.4. The van der Waals surface area contributed by atoms with Crippen molar-refractivity contribution < 1.29 is 14.3 Å². The van der Waals surface area contributed by atoms with E-state index in [9.17, 15) is 4.79 Å². The molecule has 0 spiro atoms. The maximum absolute atomic E-state index is 10.8. The lowest BCUT2D eigenvalue weighted by atomic mass is 10.1. The van der Waals surface area contributed by atoms with Crippen molar-refractivity contribution in [2.45, 2.75) is 13.3 Å². The Kier molecular flexibility index (Phi) is 5.28. The van der Waals surface area contributed by atoms with E-state index in [1.54, 1.807) is 14.2 Å². The first-order valence-corrected chi connectivity index (χ1v) is 6.02. The van der Waals surface area contributed by atoms with Gasteiger partial charge in [-0.2, -0.15) is 0 Å². The summed E-state index contributed by atoms with van der Waals surface area (Å²) in [6.45, 7) is 2.08. The quantitative estimate of drug-likeness (QED) is 0.906. The lowest BCUT2D eigenvalue weighted by Crippen LogP contribution is -2.22. The van der Waals surface area contributed by atoms with Crippen LogP contribution in [0.5, 0.6) is 11.5 Å². The zero-order valence-corrected chi connectivity index (χ0v) is 11.8. The van der Waals surface area contributed by atoms with Crippen molar-refractivity contribution >= 4 is 21.8 Å². The van der Waals surface area contributed by atoms with E-state index in [-0.39, 0.29) is 5.91 Å². The SMILES string of the molecule is COc1cc(CCNC(C)=O)c(OC)cc1Br. The summed E-state index contributed by atoms with van der Waals surface area (Å²) in [5.74, 6) is 1.50. The molecular weight excluding hydrogens is 286 g/mol. The Morgan fingerprint density at radius 3 is 2.47 bits per heavy atom. The van der Waals surface area contributed by atoms with Gasteiger partial charge in [-0.15, -0.1) is 0 Å². The highest BCUT2D eigenvalue weighted by Gasteiger charge is 2.09. The molecule has 1 N–H and O–H groups in total. The summed E-state index contributed by atoms with van der Waals surface area (Å²) >= 11 is 3.40. The third kappa shape index (κ3) is 3.93. The van der Waals surface area contributed by atoms with Gasteiger partial charge in [-0.05, 0) is 40.0 Å². The summed E-state index contributed by atoms with van der Waals surface area (Å²) in [6, 6.07) is 3.77. The molecule has 0 atom stereocenters. The second kappa shape index (κ2) is 6.49. The molecule has 0 saturated heterocycles. The standard InChI is InChI=1S/C12H16BrNO3/c1-8(15)14-5-4-9-6-12(17-3)10(13)7-11(9)16-2/h6-7H,4-5H2,1-3H3,(H,14,15). The smallest absolute Gasteiger partial charge is 0.216 e. The number of rotatable bonds is 5. The Hall–Kier alpha value is -1.23. The van der Waals surface area contributed by atoms with Gasteiger partial charge in [0.05, 0.1) is 18.7 Å². The molecule has 0 saturated carbocycles.